The summed E-state index contributed by atoms with van der Waals surface area (Å²) in [5.41, 5.74) is 9.94. The molecule has 0 saturated carbocycles. The first-order valence-corrected chi connectivity index (χ1v) is 9.96. The van der Waals surface area contributed by atoms with Gasteiger partial charge in [0.05, 0.1) is 7.11 Å². The number of thiocarbonyl (C=S) groups is 1. The number of hydrazine groups is 1. The maximum atomic E-state index is 5.33. The van der Waals surface area contributed by atoms with Gasteiger partial charge in [0.15, 0.2) is 5.11 Å². The van der Waals surface area contributed by atoms with E-state index in [1.807, 2.05) is 84.9 Å². The summed E-state index contributed by atoms with van der Waals surface area (Å²) in [5.74, 6) is 1.08. The number of hydrogen-bond donors (Lipinski definition) is 3. The van der Waals surface area contributed by atoms with Gasteiger partial charge in [0.2, 0.25) is 0 Å². The highest BCUT2D eigenvalue weighted by molar-refractivity contribution is 7.80. The van der Waals surface area contributed by atoms with Crippen molar-refractivity contribution in [2.45, 2.75) is 0 Å². The topological polar surface area (TPSA) is 84.0 Å². The first kappa shape index (κ1) is 20.2. The summed E-state index contributed by atoms with van der Waals surface area (Å²) in [6.45, 7) is 0. The van der Waals surface area contributed by atoms with Gasteiger partial charge in [-0.1, -0.05) is 60.7 Å². The van der Waals surface area contributed by atoms with Crippen molar-refractivity contribution >= 4 is 29.0 Å². The Morgan fingerprint density at radius 1 is 0.774 bits per heavy atom. The predicted octanol–water partition coefficient (Wildman–Crippen LogP) is 4.53. The number of nitrogens with zero attached hydrogens (tertiary/aromatic N) is 3. The Morgan fingerprint density at radius 2 is 1.39 bits per heavy atom. The lowest BCUT2D eigenvalue weighted by atomic mass is 10.0. The van der Waals surface area contributed by atoms with Gasteiger partial charge in [-0.15, -0.1) is 10.2 Å². The van der Waals surface area contributed by atoms with Gasteiger partial charge in [-0.3, -0.25) is 10.9 Å². The van der Waals surface area contributed by atoms with Gasteiger partial charge in [-0.2, -0.15) is 0 Å². The minimum absolute atomic E-state index is 0.303. The van der Waals surface area contributed by atoms with E-state index in [4.69, 9.17) is 17.0 Å². The van der Waals surface area contributed by atoms with E-state index in [0.717, 1.165) is 28.3 Å². The number of hydrogen-bond acceptors (Lipinski definition) is 6. The second-order valence-electron chi connectivity index (χ2n) is 6.50. The number of anilines is 2. The number of rotatable bonds is 6. The standard InChI is InChI=1S/C23H20N6OS/c1-30-19-14-12-18(13-15-19)24-23(31)29-28-22-25-20(16-8-4-2-5-9-16)21(26-27-22)17-10-6-3-7-11-17/h2-15H,1H3,(H2,24,29,31)(H,25,27,28). The quantitative estimate of drug-likeness (QED) is 0.305. The van der Waals surface area contributed by atoms with E-state index in [0.29, 0.717) is 16.8 Å². The summed E-state index contributed by atoms with van der Waals surface area (Å²) in [4.78, 5) is 4.67. The number of aromatic nitrogens is 3. The van der Waals surface area contributed by atoms with E-state index < -0.39 is 0 Å². The Hall–Kier alpha value is -4.04. The zero-order chi connectivity index (χ0) is 21.5. The fourth-order valence-electron chi connectivity index (χ4n) is 2.92. The Balaban J connectivity index is 1.51. The van der Waals surface area contributed by atoms with Gasteiger partial charge in [0, 0.05) is 16.8 Å². The van der Waals surface area contributed by atoms with Gasteiger partial charge in [0.1, 0.15) is 17.1 Å². The fraction of sp³-hybridized carbons (Fsp3) is 0.0435. The highest BCUT2D eigenvalue weighted by Gasteiger charge is 2.13. The highest BCUT2D eigenvalue weighted by atomic mass is 32.1. The summed E-state index contributed by atoms with van der Waals surface area (Å²) in [6, 6.07) is 27.2. The molecule has 4 aromatic rings. The van der Waals surface area contributed by atoms with E-state index in [9.17, 15) is 0 Å². The van der Waals surface area contributed by atoms with Crippen LogP contribution in [0, 0.1) is 0 Å². The maximum absolute atomic E-state index is 5.33. The Kier molecular flexibility index (Phi) is 6.29. The summed E-state index contributed by atoms with van der Waals surface area (Å²) < 4.78 is 5.16. The van der Waals surface area contributed by atoms with Crippen LogP contribution >= 0.6 is 12.2 Å². The second kappa shape index (κ2) is 9.64. The van der Waals surface area contributed by atoms with Crippen LogP contribution in [0.2, 0.25) is 0 Å². The third-order valence-corrected chi connectivity index (χ3v) is 4.62. The molecule has 0 unspecified atom stereocenters. The Morgan fingerprint density at radius 3 is 2.00 bits per heavy atom. The molecule has 0 aliphatic rings. The molecule has 3 N–H and O–H groups in total. The van der Waals surface area contributed by atoms with Crippen LogP contribution in [0.25, 0.3) is 22.5 Å². The monoisotopic (exact) mass is 428 g/mol. The molecule has 0 spiro atoms. The molecule has 31 heavy (non-hydrogen) atoms. The van der Waals surface area contributed by atoms with Crippen LogP contribution in [0.15, 0.2) is 84.9 Å². The third kappa shape index (κ3) is 5.12. The van der Waals surface area contributed by atoms with Crippen molar-refractivity contribution in [2.24, 2.45) is 0 Å². The molecule has 0 aliphatic heterocycles. The van der Waals surface area contributed by atoms with Crippen LogP contribution in [0.1, 0.15) is 0 Å². The van der Waals surface area contributed by atoms with Crippen molar-refractivity contribution in [1.29, 1.82) is 0 Å². The first-order valence-electron chi connectivity index (χ1n) is 9.55. The van der Waals surface area contributed by atoms with Gasteiger partial charge in [0.25, 0.3) is 5.95 Å². The van der Waals surface area contributed by atoms with Crippen LogP contribution in [-0.4, -0.2) is 27.4 Å². The van der Waals surface area contributed by atoms with Crippen molar-refractivity contribution in [3.05, 3.63) is 84.9 Å². The normalized spacial score (nSPS) is 10.2. The second-order valence-corrected chi connectivity index (χ2v) is 6.91. The minimum Gasteiger partial charge on any atom is -0.497 e. The molecule has 0 atom stereocenters. The van der Waals surface area contributed by atoms with Crippen LogP contribution in [0.5, 0.6) is 5.75 Å². The van der Waals surface area contributed by atoms with E-state index in [2.05, 4.69) is 31.3 Å². The lowest BCUT2D eigenvalue weighted by Gasteiger charge is -2.13. The zero-order valence-corrected chi connectivity index (χ0v) is 17.6. The zero-order valence-electron chi connectivity index (χ0n) is 16.7. The van der Waals surface area contributed by atoms with Gasteiger partial charge in [-0.05, 0) is 36.5 Å². The highest BCUT2D eigenvalue weighted by Crippen LogP contribution is 2.28. The van der Waals surface area contributed by atoms with Crippen molar-refractivity contribution in [3.63, 3.8) is 0 Å². The van der Waals surface area contributed by atoms with Crippen LogP contribution in [0.3, 0.4) is 0 Å². The van der Waals surface area contributed by atoms with Gasteiger partial charge < -0.3 is 10.1 Å². The Bertz CT molecular complexity index is 1150. The summed E-state index contributed by atoms with van der Waals surface area (Å²) in [7, 11) is 1.62. The van der Waals surface area contributed by atoms with E-state index in [-0.39, 0.29) is 0 Å². The molecule has 0 radical (unpaired) electrons. The van der Waals surface area contributed by atoms with Crippen molar-refractivity contribution in [3.8, 4) is 28.3 Å². The fourth-order valence-corrected chi connectivity index (χ4v) is 3.08. The average Bonchev–Trinajstić information content (AvgIpc) is 2.84. The number of ether oxygens (including phenoxy) is 1. The van der Waals surface area contributed by atoms with Crippen molar-refractivity contribution in [1.82, 2.24) is 20.6 Å². The summed E-state index contributed by atoms with van der Waals surface area (Å²) in [5, 5.41) is 12.1. The molecule has 0 saturated heterocycles. The first-order chi connectivity index (χ1) is 15.2. The summed E-state index contributed by atoms with van der Waals surface area (Å²) in [6.07, 6.45) is 0. The maximum Gasteiger partial charge on any atom is 0.262 e. The van der Waals surface area contributed by atoms with Crippen LogP contribution in [-0.2, 0) is 0 Å². The molecule has 7 nitrogen and oxygen atoms in total. The molecule has 1 heterocycles. The SMILES string of the molecule is COc1ccc(NC(=S)NNc2nnc(-c3ccccc3)c(-c3ccccc3)n2)cc1. The minimum atomic E-state index is 0.303. The third-order valence-electron chi connectivity index (χ3n) is 4.42. The Labute approximate surface area is 185 Å². The lowest BCUT2D eigenvalue weighted by Crippen LogP contribution is -2.34. The molecule has 0 bridgehead atoms. The molecule has 4 rings (SSSR count). The van der Waals surface area contributed by atoms with Gasteiger partial charge in [-0.25, -0.2) is 4.98 Å². The van der Waals surface area contributed by atoms with Crippen molar-refractivity contribution < 1.29 is 4.74 Å². The molecule has 0 aliphatic carbocycles. The molecular weight excluding hydrogens is 408 g/mol. The molecule has 154 valence electrons. The largest absolute Gasteiger partial charge is 0.497 e. The summed E-state index contributed by atoms with van der Waals surface area (Å²) >= 11 is 5.33. The molecule has 1 aromatic heterocycles. The van der Waals surface area contributed by atoms with Gasteiger partial charge >= 0.3 is 0 Å². The molecule has 8 heteroatoms. The van der Waals surface area contributed by atoms with E-state index in [1.165, 1.54) is 0 Å². The molecular formula is C23H20N6OS. The lowest BCUT2D eigenvalue weighted by molar-refractivity contribution is 0.415. The van der Waals surface area contributed by atoms with Crippen LogP contribution < -0.4 is 20.9 Å². The predicted molar refractivity (Wildman–Crippen MR) is 127 cm³/mol. The van der Waals surface area contributed by atoms with Crippen LogP contribution in [0.4, 0.5) is 11.6 Å². The van der Waals surface area contributed by atoms with E-state index in [1.54, 1.807) is 7.11 Å². The molecule has 3 aromatic carbocycles. The number of nitrogens with one attached hydrogen (secondary N) is 3. The smallest absolute Gasteiger partial charge is 0.262 e. The van der Waals surface area contributed by atoms with Crippen molar-refractivity contribution in [2.75, 3.05) is 17.9 Å². The molecule has 0 amide bonds. The van der Waals surface area contributed by atoms with E-state index >= 15 is 0 Å². The number of benzene rings is 3. The average molecular weight is 429 g/mol. The number of methoxy groups -OCH3 is 1. The molecule has 0 fully saturated rings.